The van der Waals surface area contributed by atoms with Gasteiger partial charge in [0.1, 0.15) is 11.8 Å². The SMILES string of the molecule is CCCCCCCCCCCCCCCCc1cccc(N=Nc2ccccc2)c1C#N. The molecule has 0 N–H and O–H groups in total. The van der Waals surface area contributed by atoms with Crippen LogP contribution in [0, 0.1) is 11.3 Å². The first-order chi connectivity index (χ1) is 15.8. The molecule has 0 spiro atoms. The van der Waals surface area contributed by atoms with Gasteiger partial charge >= 0.3 is 0 Å². The lowest BCUT2D eigenvalue weighted by atomic mass is 9.99. The summed E-state index contributed by atoms with van der Waals surface area (Å²) < 4.78 is 0. The third-order valence-electron chi connectivity index (χ3n) is 6.07. The molecule has 0 aliphatic rings. The number of nitrogens with zero attached hydrogens (tertiary/aromatic N) is 3. The lowest BCUT2D eigenvalue weighted by Crippen LogP contribution is -1.91. The van der Waals surface area contributed by atoms with Crippen LogP contribution in [0.3, 0.4) is 0 Å². The van der Waals surface area contributed by atoms with Crippen molar-refractivity contribution in [2.75, 3.05) is 0 Å². The molecular formula is C29H41N3. The summed E-state index contributed by atoms with van der Waals surface area (Å²) in [5.41, 5.74) is 3.23. The standard InChI is InChI=1S/C29H41N3/c1-2-3-4-5-6-7-8-9-10-11-12-13-14-16-20-26-21-19-24-29(28(26)25-30)32-31-27-22-17-15-18-23-27/h15,17-19,21-24H,2-14,16,20H2,1H3. The molecule has 2 rings (SSSR count). The van der Waals surface area contributed by atoms with E-state index in [2.05, 4.69) is 29.3 Å². The van der Waals surface area contributed by atoms with Gasteiger partial charge < -0.3 is 0 Å². The zero-order valence-corrected chi connectivity index (χ0v) is 20.1. The van der Waals surface area contributed by atoms with Gasteiger partial charge in [0.15, 0.2) is 0 Å². The topological polar surface area (TPSA) is 48.5 Å². The van der Waals surface area contributed by atoms with Gasteiger partial charge in [0, 0.05) is 0 Å². The molecule has 0 radical (unpaired) electrons. The number of aryl methyl sites for hydroxylation is 1. The summed E-state index contributed by atoms with van der Waals surface area (Å²) in [4.78, 5) is 0. The molecule has 0 fully saturated rings. The second kappa shape index (κ2) is 17.1. The molecule has 0 aromatic heterocycles. The van der Waals surface area contributed by atoms with Crippen molar-refractivity contribution >= 4 is 11.4 Å². The summed E-state index contributed by atoms with van der Waals surface area (Å²) in [6, 6.07) is 17.9. The molecule has 3 heteroatoms. The van der Waals surface area contributed by atoms with Crippen molar-refractivity contribution in [3.05, 3.63) is 59.7 Å². The van der Waals surface area contributed by atoms with E-state index in [0.717, 1.165) is 24.1 Å². The van der Waals surface area contributed by atoms with Gasteiger partial charge in [0.2, 0.25) is 0 Å². The molecule has 0 unspecified atom stereocenters. The van der Waals surface area contributed by atoms with Gasteiger partial charge in [-0.15, -0.1) is 5.11 Å². The number of unbranched alkanes of at least 4 members (excludes halogenated alkanes) is 13. The number of rotatable bonds is 17. The predicted molar refractivity (Wildman–Crippen MR) is 136 cm³/mol. The second-order valence-corrected chi connectivity index (χ2v) is 8.80. The molecule has 0 aliphatic heterocycles. The molecule has 0 heterocycles. The van der Waals surface area contributed by atoms with E-state index in [0.29, 0.717) is 11.3 Å². The van der Waals surface area contributed by atoms with Crippen molar-refractivity contribution in [1.82, 2.24) is 0 Å². The van der Waals surface area contributed by atoms with Gasteiger partial charge in [0.05, 0.1) is 11.3 Å². The van der Waals surface area contributed by atoms with Crippen LogP contribution in [0.2, 0.25) is 0 Å². The highest BCUT2D eigenvalue weighted by Crippen LogP contribution is 2.26. The maximum atomic E-state index is 9.66. The number of azo groups is 1. The van der Waals surface area contributed by atoms with Crippen molar-refractivity contribution in [3.63, 3.8) is 0 Å². The Labute approximate surface area is 196 Å². The van der Waals surface area contributed by atoms with Crippen molar-refractivity contribution < 1.29 is 0 Å². The minimum Gasteiger partial charge on any atom is -0.192 e. The minimum absolute atomic E-state index is 0.666. The summed E-state index contributed by atoms with van der Waals surface area (Å²) in [5, 5.41) is 18.3. The summed E-state index contributed by atoms with van der Waals surface area (Å²) in [7, 11) is 0. The second-order valence-electron chi connectivity index (χ2n) is 8.80. The molecule has 0 atom stereocenters. The normalized spacial score (nSPS) is 11.1. The summed E-state index contributed by atoms with van der Waals surface area (Å²) in [6.45, 7) is 2.28. The monoisotopic (exact) mass is 431 g/mol. The van der Waals surface area contributed by atoms with E-state index >= 15 is 0 Å². The Bertz CT molecular complexity index is 805. The molecule has 0 saturated carbocycles. The van der Waals surface area contributed by atoms with Crippen LogP contribution in [0.4, 0.5) is 11.4 Å². The first kappa shape index (κ1) is 25.8. The zero-order valence-electron chi connectivity index (χ0n) is 20.1. The molecule has 2 aromatic carbocycles. The van der Waals surface area contributed by atoms with Gasteiger partial charge in [0.25, 0.3) is 0 Å². The third-order valence-corrected chi connectivity index (χ3v) is 6.07. The first-order valence-corrected chi connectivity index (χ1v) is 12.8. The minimum atomic E-state index is 0.666. The van der Waals surface area contributed by atoms with E-state index in [9.17, 15) is 5.26 Å². The fraction of sp³-hybridized carbons (Fsp3) is 0.552. The van der Waals surface area contributed by atoms with Crippen LogP contribution in [-0.4, -0.2) is 0 Å². The van der Waals surface area contributed by atoms with Gasteiger partial charge in [-0.05, 0) is 36.6 Å². The Kier molecular flexibility index (Phi) is 13.8. The van der Waals surface area contributed by atoms with Gasteiger partial charge in [-0.2, -0.15) is 10.4 Å². The van der Waals surface area contributed by atoms with E-state index < -0.39 is 0 Å². The van der Waals surface area contributed by atoms with Crippen molar-refractivity contribution in [2.24, 2.45) is 10.2 Å². The summed E-state index contributed by atoms with van der Waals surface area (Å²) in [5.74, 6) is 0. The van der Waals surface area contributed by atoms with Gasteiger partial charge in [-0.1, -0.05) is 121 Å². The largest absolute Gasteiger partial charge is 0.192 e. The molecule has 0 bridgehead atoms. The maximum absolute atomic E-state index is 9.66. The van der Waals surface area contributed by atoms with E-state index in [1.54, 1.807) is 0 Å². The molecule has 172 valence electrons. The summed E-state index contributed by atoms with van der Waals surface area (Å²) in [6.07, 6.45) is 20.0. The smallest absolute Gasteiger partial charge is 0.104 e. The quantitative estimate of drug-likeness (QED) is 0.181. The highest BCUT2D eigenvalue weighted by Gasteiger charge is 2.07. The van der Waals surface area contributed by atoms with Crippen LogP contribution < -0.4 is 0 Å². The number of hydrogen-bond acceptors (Lipinski definition) is 3. The third kappa shape index (κ3) is 10.7. The predicted octanol–water partition coefficient (Wildman–Crippen LogP) is 10.00. The molecule has 0 aliphatic carbocycles. The first-order valence-electron chi connectivity index (χ1n) is 12.8. The number of benzene rings is 2. The van der Waals surface area contributed by atoms with Crippen molar-refractivity contribution in [1.29, 1.82) is 5.26 Å². The summed E-state index contributed by atoms with van der Waals surface area (Å²) >= 11 is 0. The molecular weight excluding hydrogens is 390 g/mol. The molecule has 32 heavy (non-hydrogen) atoms. The molecule has 0 saturated heterocycles. The van der Waals surface area contributed by atoms with E-state index in [1.807, 2.05) is 42.5 Å². The van der Waals surface area contributed by atoms with Crippen LogP contribution >= 0.6 is 0 Å². The lowest BCUT2D eigenvalue weighted by Gasteiger charge is -2.06. The maximum Gasteiger partial charge on any atom is 0.104 e. The highest BCUT2D eigenvalue weighted by atomic mass is 15.1. The Hall–Kier alpha value is -2.47. The van der Waals surface area contributed by atoms with E-state index in [-0.39, 0.29) is 0 Å². The lowest BCUT2D eigenvalue weighted by molar-refractivity contribution is 0.535. The Morgan fingerprint density at radius 2 is 1.19 bits per heavy atom. The zero-order chi connectivity index (χ0) is 22.7. The van der Waals surface area contributed by atoms with Crippen molar-refractivity contribution in [2.45, 2.75) is 103 Å². The average Bonchev–Trinajstić information content (AvgIpc) is 2.83. The van der Waals surface area contributed by atoms with E-state index in [1.165, 1.54) is 83.5 Å². The fourth-order valence-electron chi connectivity index (χ4n) is 4.12. The fourth-order valence-corrected chi connectivity index (χ4v) is 4.12. The van der Waals surface area contributed by atoms with Crippen LogP contribution in [0.15, 0.2) is 58.8 Å². The van der Waals surface area contributed by atoms with Gasteiger partial charge in [-0.25, -0.2) is 0 Å². The molecule has 3 nitrogen and oxygen atoms in total. The van der Waals surface area contributed by atoms with Crippen molar-refractivity contribution in [3.8, 4) is 6.07 Å². The Morgan fingerprint density at radius 1 is 0.625 bits per heavy atom. The van der Waals surface area contributed by atoms with Crippen LogP contribution in [0.5, 0.6) is 0 Å². The molecule has 2 aromatic rings. The Morgan fingerprint density at radius 3 is 1.75 bits per heavy atom. The average molecular weight is 432 g/mol. The highest BCUT2D eigenvalue weighted by molar-refractivity contribution is 5.57. The van der Waals surface area contributed by atoms with Crippen LogP contribution in [0.1, 0.15) is 108 Å². The molecule has 0 amide bonds. The van der Waals surface area contributed by atoms with Crippen LogP contribution in [0.25, 0.3) is 0 Å². The number of hydrogen-bond donors (Lipinski definition) is 0. The Balaban J connectivity index is 1.59. The number of nitriles is 1. The van der Waals surface area contributed by atoms with Crippen LogP contribution in [-0.2, 0) is 6.42 Å². The van der Waals surface area contributed by atoms with E-state index in [4.69, 9.17) is 0 Å². The van der Waals surface area contributed by atoms with Gasteiger partial charge in [-0.3, -0.25) is 0 Å².